The van der Waals surface area contributed by atoms with Gasteiger partial charge in [-0.2, -0.15) is 0 Å². The lowest BCUT2D eigenvalue weighted by atomic mass is 10.2. The van der Waals surface area contributed by atoms with Gasteiger partial charge < -0.3 is 15.0 Å². The molecule has 1 rings (SSSR count). The number of aryl methyl sites for hydroxylation is 1. The summed E-state index contributed by atoms with van der Waals surface area (Å²) in [7, 11) is 2.86. The van der Waals surface area contributed by atoms with E-state index in [0.717, 1.165) is 15.7 Å². The highest BCUT2D eigenvalue weighted by atomic mass is 79.9. The molecule has 0 saturated heterocycles. The molecule has 0 fully saturated rings. The van der Waals surface area contributed by atoms with Gasteiger partial charge in [0.2, 0.25) is 0 Å². The zero-order chi connectivity index (χ0) is 16.7. The Bertz CT molecular complexity index is 577. The Hall–Kier alpha value is -1.93. The number of methoxy groups -OCH3 is 1. The Kier molecular flexibility index (Phi) is 7.00. The maximum Gasteiger partial charge on any atom is 0.413 e. The fourth-order valence-electron chi connectivity index (χ4n) is 1.78. The van der Waals surface area contributed by atoms with Gasteiger partial charge in [0.1, 0.15) is 0 Å². The van der Waals surface area contributed by atoms with E-state index in [0.29, 0.717) is 4.90 Å². The smallest absolute Gasteiger partial charge is 0.413 e. The van der Waals surface area contributed by atoms with Crippen LogP contribution in [0.15, 0.2) is 22.7 Å². The van der Waals surface area contributed by atoms with Gasteiger partial charge in [-0.15, -0.1) is 0 Å². The quantitative estimate of drug-likeness (QED) is 0.683. The number of amides is 3. The molecule has 0 spiro atoms. The average molecular weight is 373 g/mol. The third-order valence-corrected chi connectivity index (χ3v) is 3.31. The number of imide groups is 1. The Morgan fingerprint density at radius 3 is 2.45 bits per heavy atom. The van der Waals surface area contributed by atoms with E-state index in [-0.39, 0.29) is 19.0 Å². The second kappa shape index (κ2) is 8.50. The molecule has 120 valence electrons. The molecule has 0 aliphatic heterocycles. The number of anilines is 1. The molecule has 7 nitrogen and oxygen atoms in total. The van der Waals surface area contributed by atoms with Gasteiger partial charge in [-0.3, -0.25) is 14.9 Å². The van der Waals surface area contributed by atoms with Crippen molar-refractivity contribution in [1.29, 1.82) is 0 Å². The molecular weight excluding hydrogens is 354 g/mol. The Balaban J connectivity index is 2.47. The van der Waals surface area contributed by atoms with Crippen LogP contribution >= 0.6 is 15.9 Å². The lowest BCUT2D eigenvalue weighted by molar-refractivity contribution is -0.862. The molecule has 3 amide bonds. The van der Waals surface area contributed by atoms with Crippen LogP contribution in [-0.2, 0) is 14.3 Å². The van der Waals surface area contributed by atoms with Gasteiger partial charge in [-0.1, -0.05) is 15.9 Å². The number of carbonyl (C=O) groups is 3. The first kappa shape index (κ1) is 18.1. The molecular formula is C14H19BrN3O4+. The first-order valence-electron chi connectivity index (χ1n) is 6.57. The number of quaternary nitrogens is 1. The molecule has 0 radical (unpaired) electrons. The van der Waals surface area contributed by atoms with Gasteiger partial charge in [0, 0.05) is 10.2 Å². The molecule has 3 N–H and O–H groups in total. The monoisotopic (exact) mass is 372 g/mol. The lowest BCUT2D eigenvalue weighted by Crippen LogP contribution is -3.11. The van der Waals surface area contributed by atoms with E-state index in [1.807, 2.05) is 24.4 Å². The molecule has 1 unspecified atom stereocenters. The molecule has 22 heavy (non-hydrogen) atoms. The highest BCUT2D eigenvalue weighted by Crippen LogP contribution is 2.19. The fourth-order valence-corrected chi connectivity index (χ4v) is 2.26. The van der Waals surface area contributed by atoms with Crippen molar-refractivity contribution in [3.63, 3.8) is 0 Å². The average Bonchev–Trinajstić information content (AvgIpc) is 2.41. The van der Waals surface area contributed by atoms with Crippen LogP contribution < -0.4 is 15.5 Å². The summed E-state index contributed by atoms with van der Waals surface area (Å²) in [6.07, 6.45) is -0.812. The zero-order valence-electron chi connectivity index (χ0n) is 12.7. The van der Waals surface area contributed by atoms with Crippen LogP contribution in [0.1, 0.15) is 5.56 Å². The van der Waals surface area contributed by atoms with Crippen LogP contribution in [-0.4, -0.2) is 45.2 Å². The minimum Gasteiger partial charge on any atom is -0.453 e. The molecule has 0 aliphatic carbocycles. The predicted molar refractivity (Wildman–Crippen MR) is 84.7 cm³/mol. The van der Waals surface area contributed by atoms with Crippen molar-refractivity contribution in [1.82, 2.24) is 5.32 Å². The first-order chi connectivity index (χ1) is 10.3. The van der Waals surface area contributed by atoms with Gasteiger partial charge in [0.05, 0.1) is 14.2 Å². The number of likely N-dealkylation sites (N-methyl/N-ethyl adjacent to an activating group) is 1. The number of carbonyl (C=O) groups excluding carboxylic acids is 3. The molecule has 1 aromatic rings. The highest BCUT2D eigenvalue weighted by Gasteiger charge is 2.16. The van der Waals surface area contributed by atoms with E-state index >= 15 is 0 Å². The highest BCUT2D eigenvalue weighted by molar-refractivity contribution is 9.10. The third kappa shape index (κ3) is 6.23. The van der Waals surface area contributed by atoms with Crippen molar-refractivity contribution in [2.24, 2.45) is 0 Å². The van der Waals surface area contributed by atoms with Gasteiger partial charge in [-0.05, 0) is 30.7 Å². The standard InChI is InChI=1S/C14H18BrN3O4/c1-9-6-10(15)4-5-11(9)16-12(19)7-18(2)8-13(20)17-14(21)22-3/h4-6H,7-8H2,1-3H3,(H,16,19)(H,17,20,21)/p+1. The molecule has 0 aliphatic rings. The minimum atomic E-state index is -0.812. The maximum atomic E-state index is 12.0. The maximum absolute atomic E-state index is 12.0. The summed E-state index contributed by atoms with van der Waals surface area (Å²) in [5.41, 5.74) is 1.66. The van der Waals surface area contributed by atoms with Gasteiger partial charge in [-0.25, -0.2) is 4.79 Å². The Labute approximate surface area is 137 Å². The number of hydrogen-bond donors (Lipinski definition) is 3. The van der Waals surface area contributed by atoms with Gasteiger partial charge in [0.15, 0.2) is 13.1 Å². The second-order valence-electron chi connectivity index (χ2n) is 4.86. The largest absolute Gasteiger partial charge is 0.453 e. The summed E-state index contributed by atoms with van der Waals surface area (Å²) in [6, 6.07) is 5.54. The minimum absolute atomic E-state index is 0.0121. The Morgan fingerprint density at radius 2 is 1.86 bits per heavy atom. The molecule has 0 heterocycles. The van der Waals surface area contributed by atoms with Crippen LogP contribution in [0.25, 0.3) is 0 Å². The van der Waals surface area contributed by atoms with Crippen molar-refractivity contribution in [2.45, 2.75) is 6.92 Å². The molecule has 0 saturated carbocycles. The number of ether oxygens (including phenoxy) is 1. The Morgan fingerprint density at radius 1 is 1.23 bits per heavy atom. The van der Waals surface area contributed by atoms with E-state index in [9.17, 15) is 14.4 Å². The van der Waals surface area contributed by atoms with Crippen molar-refractivity contribution in [2.75, 3.05) is 32.6 Å². The van der Waals surface area contributed by atoms with Crippen molar-refractivity contribution in [3.8, 4) is 0 Å². The summed E-state index contributed by atoms with van der Waals surface area (Å²) in [6.45, 7) is 1.98. The van der Waals surface area contributed by atoms with Crippen molar-refractivity contribution < 1.29 is 24.0 Å². The molecule has 1 atom stereocenters. The van der Waals surface area contributed by atoms with Crippen molar-refractivity contribution in [3.05, 3.63) is 28.2 Å². The van der Waals surface area contributed by atoms with E-state index in [1.54, 1.807) is 13.1 Å². The summed E-state index contributed by atoms with van der Waals surface area (Å²) >= 11 is 3.36. The number of nitrogens with one attached hydrogen (secondary N) is 3. The van der Waals surface area contributed by atoms with Crippen LogP contribution in [0.2, 0.25) is 0 Å². The summed E-state index contributed by atoms with van der Waals surface area (Å²) < 4.78 is 5.26. The number of alkyl carbamates (subject to hydrolysis) is 1. The topological polar surface area (TPSA) is 88.9 Å². The van der Waals surface area contributed by atoms with Gasteiger partial charge >= 0.3 is 6.09 Å². The number of hydrogen-bond acceptors (Lipinski definition) is 4. The van der Waals surface area contributed by atoms with Crippen LogP contribution in [0.5, 0.6) is 0 Å². The summed E-state index contributed by atoms with van der Waals surface area (Å²) in [4.78, 5) is 35.0. The number of halogens is 1. The molecule has 1 aromatic carbocycles. The van der Waals surface area contributed by atoms with Crippen molar-refractivity contribution >= 4 is 39.5 Å². The first-order valence-corrected chi connectivity index (χ1v) is 7.36. The third-order valence-electron chi connectivity index (χ3n) is 2.81. The molecule has 8 heteroatoms. The van der Waals surface area contributed by atoms with Crippen LogP contribution in [0, 0.1) is 6.92 Å². The van der Waals surface area contributed by atoms with E-state index < -0.39 is 12.0 Å². The summed E-state index contributed by atoms with van der Waals surface area (Å²) in [5.74, 6) is -0.717. The number of benzene rings is 1. The lowest BCUT2D eigenvalue weighted by Gasteiger charge is -2.14. The normalized spacial score (nSPS) is 11.5. The zero-order valence-corrected chi connectivity index (χ0v) is 14.2. The van der Waals surface area contributed by atoms with E-state index in [4.69, 9.17) is 0 Å². The second-order valence-corrected chi connectivity index (χ2v) is 5.77. The fraction of sp³-hybridized carbons (Fsp3) is 0.357. The molecule has 0 aromatic heterocycles. The van der Waals surface area contributed by atoms with Crippen LogP contribution in [0.4, 0.5) is 10.5 Å². The SMILES string of the molecule is COC(=O)NC(=O)C[NH+](C)CC(=O)Nc1ccc(Br)cc1C. The van der Waals surface area contributed by atoms with Gasteiger partial charge in [0.25, 0.3) is 11.8 Å². The predicted octanol–water partition coefficient (Wildman–Crippen LogP) is 0.0933. The van der Waals surface area contributed by atoms with E-state index in [2.05, 4.69) is 26.0 Å². The summed E-state index contributed by atoms with van der Waals surface area (Å²) in [5, 5.41) is 4.83. The molecule has 0 bridgehead atoms. The van der Waals surface area contributed by atoms with E-state index in [1.165, 1.54) is 7.11 Å². The number of rotatable bonds is 5. The van der Waals surface area contributed by atoms with Crippen LogP contribution in [0.3, 0.4) is 0 Å².